The van der Waals surface area contributed by atoms with Crippen molar-refractivity contribution in [3.05, 3.63) is 50.9 Å². The van der Waals surface area contributed by atoms with Gasteiger partial charge in [0.2, 0.25) is 5.91 Å². The number of carbonyl (C=O) groups excluding carboxylic acids is 2. The Balaban J connectivity index is 1.69. The number of ether oxygens (including phenoxy) is 1. The van der Waals surface area contributed by atoms with Crippen molar-refractivity contribution in [2.75, 3.05) is 11.9 Å². The third-order valence-corrected chi connectivity index (χ3v) is 5.63. The lowest BCUT2D eigenvalue weighted by Gasteiger charge is -2.08. The lowest BCUT2D eigenvalue weighted by Crippen LogP contribution is -2.15. The largest absolute Gasteiger partial charge is 0.462 e. The Morgan fingerprint density at radius 3 is 2.92 bits per heavy atom. The molecule has 0 saturated heterocycles. The molecule has 1 aliphatic rings. The molecule has 3 rings (SSSR count). The molecule has 0 aliphatic heterocycles. The predicted molar refractivity (Wildman–Crippen MR) is 101 cm³/mol. The van der Waals surface area contributed by atoms with Crippen LogP contribution in [0.3, 0.4) is 0 Å². The van der Waals surface area contributed by atoms with E-state index in [2.05, 4.69) is 5.32 Å². The molecule has 1 heterocycles. The average molecular weight is 378 g/mol. The Bertz CT molecular complexity index is 800. The molecule has 1 aliphatic carbocycles. The van der Waals surface area contributed by atoms with Gasteiger partial charge in [-0.2, -0.15) is 0 Å². The van der Waals surface area contributed by atoms with E-state index in [1.807, 2.05) is 24.3 Å². The fraction of sp³-hybridized carbons (Fsp3) is 0.368. The minimum Gasteiger partial charge on any atom is -0.462 e. The molecule has 0 spiro atoms. The van der Waals surface area contributed by atoms with Crippen LogP contribution in [0.25, 0.3) is 0 Å². The molecule has 1 amide bonds. The molecule has 2 aromatic rings. The Hall–Kier alpha value is -1.85. The van der Waals surface area contributed by atoms with Gasteiger partial charge in [-0.25, -0.2) is 4.79 Å². The summed E-state index contributed by atoms with van der Waals surface area (Å²) in [6.07, 6.45) is 3.83. The van der Waals surface area contributed by atoms with Gasteiger partial charge in [0.1, 0.15) is 5.00 Å². The summed E-state index contributed by atoms with van der Waals surface area (Å²) < 4.78 is 5.18. The minimum atomic E-state index is -0.341. The second-order valence-corrected chi connectivity index (χ2v) is 7.50. The molecule has 6 heteroatoms. The van der Waals surface area contributed by atoms with Crippen molar-refractivity contribution in [1.82, 2.24) is 0 Å². The Kier molecular flexibility index (Phi) is 5.76. The van der Waals surface area contributed by atoms with E-state index < -0.39 is 0 Å². The number of nitrogens with one attached hydrogen (secondary N) is 1. The zero-order valence-electron chi connectivity index (χ0n) is 14.1. The van der Waals surface area contributed by atoms with Crippen LogP contribution >= 0.6 is 22.9 Å². The highest BCUT2D eigenvalue weighted by atomic mass is 35.5. The Morgan fingerprint density at radius 1 is 1.32 bits per heavy atom. The number of benzene rings is 1. The number of carbonyl (C=O) groups is 2. The topological polar surface area (TPSA) is 55.4 Å². The van der Waals surface area contributed by atoms with Gasteiger partial charge >= 0.3 is 5.97 Å². The number of hydrogen-bond donors (Lipinski definition) is 1. The SMILES string of the molecule is CCOC(=O)c1c(NC(=O)CCc2cccc(Cl)c2)sc2c1CCC2. The highest BCUT2D eigenvalue weighted by Gasteiger charge is 2.28. The summed E-state index contributed by atoms with van der Waals surface area (Å²) in [4.78, 5) is 25.8. The minimum absolute atomic E-state index is 0.106. The molecule has 25 heavy (non-hydrogen) atoms. The molecule has 0 atom stereocenters. The zero-order valence-corrected chi connectivity index (χ0v) is 15.6. The predicted octanol–water partition coefficient (Wildman–Crippen LogP) is 4.64. The van der Waals surface area contributed by atoms with E-state index in [9.17, 15) is 9.59 Å². The van der Waals surface area contributed by atoms with Gasteiger partial charge in [0.05, 0.1) is 12.2 Å². The fourth-order valence-electron chi connectivity index (χ4n) is 3.05. The van der Waals surface area contributed by atoms with Crippen LogP contribution in [-0.2, 0) is 28.8 Å². The Morgan fingerprint density at radius 2 is 2.16 bits per heavy atom. The summed E-state index contributed by atoms with van der Waals surface area (Å²) in [6, 6.07) is 7.49. The molecule has 0 fully saturated rings. The van der Waals surface area contributed by atoms with Gasteiger partial charge < -0.3 is 10.1 Å². The molecule has 0 radical (unpaired) electrons. The molecule has 132 valence electrons. The van der Waals surface area contributed by atoms with Gasteiger partial charge in [-0.15, -0.1) is 11.3 Å². The first kappa shape index (κ1) is 18.0. The van der Waals surface area contributed by atoms with Crippen molar-refractivity contribution in [1.29, 1.82) is 0 Å². The van der Waals surface area contributed by atoms with Crippen LogP contribution in [0.2, 0.25) is 5.02 Å². The van der Waals surface area contributed by atoms with Gasteiger partial charge in [-0.05, 0) is 55.9 Å². The number of anilines is 1. The van der Waals surface area contributed by atoms with E-state index in [1.165, 1.54) is 16.2 Å². The summed E-state index contributed by atoms with van der Waals surface area (Å²) in [5, 5.41) is 4.20. The van der Waals surface area contributed by atoms with Gasteiger partial charge in [-0.1, -0.05) is 23.7 Å². The standard InChI is InChI=1S/C19H20ClNO3S/c1-2-24-19(23)17-14-7-4-8-15(14)25-18(17)21-16(22)10-9-12-5-3-6-13(20)11-12/h3,5-6,11H,2,4,7-10H2,1H3,(H,21,22). The monoisotopic (exact) mass is 377 g/mol. The third-order valence-electron chi connectivity index (χ3n) is 4.18. The molecule has 4 nitrogen and oxygen atoms in total. The van der Waals surface area contributed by atoms with Crippen molar-refractivity contribution in [3.8, 4) is 0 Å². The first-order valence-electron chi connectivity index (χ1n) is 8.44. The highest BCUT2D eigenvalue weighted by molar-refractivity contribution is 7.17. The van der Waals surface area contributed by atoms with Crippen LogP contribution < -0.4 is 5.32 Å². The van der Waals surface area contributed by atoms with E-state index in [0.29, 0.717) is 35.0 Å². The summed E-state index contributed by atoms with van der Waals surface area (Å²) in [5.41, 5.74) is 2.62. The second kappa shape index (κ2) is 8.02. The maximum absolute atomic E-state index is 12.3. The van der Waals surface area contributed by atoms with Crippen LogP contribution in [0, 0.1) is 0 Å². The van der Waals surface area contributed by atoms with Crippen LogP contribution in [-0.4, -0.2) is 18.5 Å². The van der Waals surface area contributed by atoms with E-state index in [0.717, 1.165) is 30.4 Å². The van der Waals surface area contributed by atoms with E-state index in [1.54, 1.807) is 6.92 Å². The number of halogens is 1. The summed E-state index contributed by atoms with van der Waals surface area (Å²) in [7, 11) is 0. The van der Waals surface area contributed by atoms with Crippen molar-refractivity contribution < 1.29 is 14.3 Å². The summed E-state index contributed by atoms with van der Waals surface area (Å²) >= 11 is 7.47. The number of hydrogen-bond acceptors (Lipinski definition) is 4. The number of esters is 1. The molecule has 1 aromatic heterocycles. The molecule has 1 aromatic carbocycles. The van der Waals surface area contributed by atoms with E-state index in [-0.39, 0.29) is 11.9 Å². The molecular weight excluding hydrogens is 358 g/mol. The third kappa shape index (κ3) is 4.22. The summed E-state index contributed by atoms with van der Waals surface area (Å²) in [5.74, 6) is -0.447. The van der Waals surface area contributed by atoms with Crippen LogP contribution in [0.15, 0.2) is 24.3 Å². The van der Waals surface area contributed by atoms with Crippen LogP contribution in [0.5, 0.6) is 0 Å². The average Bonchev–Trinajstić information content (AvgIpc) is 3.13. The van der Waals surface area contributed by atoms with Crippen molar-refractivity contribution in [2.45, 2.75) is 39.0 Å². The van der Waals surface area contributed by atoms with Crippen molar-refractivity contribution >= 4 is 39.8 Å². The van der Waals surface area contributed by atoms with Crippen LogP contribution in [0.4, 0.5) is 5.00 Å². The zero-order chi connectivity index (χ0) is 17.8. The number of amides is 1. The molecule has 0 saturated carbocycles. The quantitative estimate of drug-likeness (QED) is 0.746. The summed E-state index contributed by atoms with van der Waals surface area (Å²) in [6.45, 7) is 2.11. The first-order valence-corrected chi connectivity index (χ1v) is 9.64. The Labute approximate surface area is 156 Å². The van der Waals surface area contributed by atoms with Gasteiger partial charge in [0.15, 0.2) is 0 Å². The van der Waals surface area contributed by atoms with Crippen molar-refractivity contribution in [3.63, 3.8) is 0 Å². The highest BCUT2D eigenvalue weighted by Crippen LogP contribution is 2.39. The normalized spacial score (nSPS) is 12.7. The lowest BCUT2D eigenvalue weighted by molar-refractivity contribution is -0.116. The molecule has 1 N–H and O–H groups in total. The number of rotatable bonds is 6. The molecule has 0 unspecified atom stereocenters. The van der Waals surface area contributed by atoms with Gasteiger partial charge in [0, 0.05) is 16.3 Å². The van der Waals surface area contributed by atoms with Gasteiger partial charge in [0.25, 0.3) is 0 Å². The second-order valence-electron chi connectivity index (χ2n) is 5.96. The fourth-order valence-corrected chi connectivity index (χ4v) is 4.56. The molecule has 0 bridgehead atoms. The van der Waals surface area contributed by atoms with Crippen molar-refractivity contribution in [2.24, 2.45) is 0 Å². The van der Waals surface area contributed by atoms with E-state index >= 15 is 0 Å². The number of thiophene rings is 1. The maximum atomic E-state index is 12.3. The smallest absolute Gasteiger partial charge is 0.341 e. The number of aryl methyl sites for hydroxylation is 2. The van der Waals surface area contributed by atoms with Crippen LogP contribution in [0.1, 0.15) is 46.1 Å². The number of fused-ring (bicyclic) bond motifs is 1. The maximum Gasteiger partial charge on any atom is 0.341 e. The first-order chi connectivity index (χ1) is 12.1. The molecular formula is C19H20ClNO3S. The lowest BCUT2D eigenvalue weighted by atomic mass is 10.1. The van der Waals surface area contributed by atoms with Gasteiger partial charge in [-0.3, -0.25) is 4.79 Å². The van der Waals surface area contributed by atoms with E-state index in [4.69, 9.17) is 16.3 Å².